The van der Waals surface area contributed by atoms with E-state index < -0.39 is 5.97 Å². The second kappa shape index (κ2) is 6.87. The molecule has 0 unspecified atom stereocenters. The first-order valence-corrected chi connectivity index (χ1v) is 6.76. The van der Waals surface area contributed by atoms with Crippen LogP contribution in [0.1, 0.15) is 31.8 Å². The first-order valence-electron chi connectivity index (χ1n) is 6.38. The molecule has 0 saturated carbocycles. The van der Waals surface area contributed by atoms with E-state index in [2.05, 4.69) is 10.5 Å². The van der Waals surface area contributed by atoms with Crippen LogP contribution in [0.5, 0.6) is 0 Å². The van der Waals surface area contributed by atoms with E-state index in [1.54, 1.807) is 30.3 Å². The van der Waals surface area contributed by atoms with Crippen LogP contribution in [0.15, 0.2) is 47.6 Å². The normalized spacial score (nSPS) is 10.6. The molecule has 1 N–H and O–H groups in total. The minimum atomic E-state index is -1.24. The number of carboxylic acid groups (broad SMARTS) is 1. The van der Waals surface area contributed by atoms with Crippen LogP contribution < -0.4 is 10.5 Å². The molecule has 0 atom stereocenters. The van der Waals surface area contributed by atoms with E-state index in [4.69, 9.17) is 11.6 Å². The number of hydrogen-bond acceptors (Lipinski definition) is 4. The van der Waals surface area contributed by atoms with Gasteiger partial charge in [-0.25, -0.2) is 5.43 Å². The third kappa shape index (κ3) is 3.93. The number of rotatable bonds is 4. The third-order valence-electron chi connectivity index (χ3n) is 2.96. The predicted octanol–water partition coefficient (Wildman–Crippen LogP) is 1.78. The summed E-state index contributed by atoms with van der Waals surface area (Å²) in [4.78, 5) is 22.5. The number of benzene rings is 2. The van der Waals surface area contributed by atoms with Crippen LogP contribution in [0.4, 0.5) is 0 Å². The number of aryl methyl sites for hydroxylation is 1. The Balaban J connectivity index is 2.00. The molecule has 5 nitrogen and oxygen atoms in total. The molecule has 0 saturated heterocycles. The molecule has 22 heavy (non-hydrogen) atoms. The van der Waals surface area contributed by atoms with Crippen molar-refractivity contribution in [2.45, 2.75) is 6.92 Å². The number of amides is 1. The molecule has 1 amide bonds. The minimum Gasteiger partial charge on any atom is -0.545 e. The first-order chi connectivity index (χ1) is 10.5. The van der Waals surface area contributed by atoms with Crippen molar-refractivity contribution in [1.29, 1.82) is 0 Å². The molecule has 0 heterocycles. The number of carbonyl (C=O) groups excluding carboxylic acids is 2. The highest BCUT2D eigenvalue weighted by molar-refractivity contribution is 6.31. The third-order valence-corrected chi connectivity index (χ3v) is 3.37. The van der Waals surface area contributed by atoms with Crippen molar-refractivity contribution in [3.8, 4) is 0 Å². The van der Waals surface area contributed by atoms with Crippen molar-refractivity contribution >= 4 is 29.7 Å². The maximum Gasteiger partial charge on any atom is 0.271 e. The van der Waals surface area contributed by atoms with Crippen molar-refractivity contribution in [2.75, 3.05) is 0 Å². The summed E-state index contributed by atoms with van der Waals surface area (Å²) >= 11 is 5.96. The molecule has 0 aromatic heterocycles. The summed E-state index contributed by atoms with van der Waals surface area (Å²) in [6.07, 6.45) is 1.41. The monoisotopic (exact) mass is 315 g/mol. The van der Waals surface area contributed by atoms with Crippen molar-refractivity contribution in [3.05, 3.63) is 69.7 Å². The largest absolute Gasteiger partial charge is 0.545 e. The molecule has 112 valence electrons. The van der Waals surface area contributed by atoms with Gasteiger partial charge in [0.05, 0.1) is 12.2 Å². The average molecular weight is 316 g/mol. The first kappa shape index (κ1) is 15.7. The molecular formula is C16H12ClN2O3-. The van der Waals surface area contributed by atoms with E-state index in [9.17, 15) is 14.7 Å². The molecule has 2 aromatic carbocycles. The SMILES string of the molecule is Cc1ccc(C(=O)N/N=C\c2ccc(C(=O)[O-])cc2)cc1Cl. The molecule has 2 rings (SSSR count). The number of halogens is 1. The van der Waals surface area contributed by atoms with E-state index in [0.717, 1.165) is 5.56 Å². The fourth-order valence-electron chi connectivity index (χ4n) is 1.67. The van der Waals surface area contributed by atoms with Crippen LogP contribution in [0.2, 0.25) is 5.02 Å². The Morgan fingerprint density at radius 3 is 2.36 bits per heavy atom. The molecule has 0 fully saturated rings. The summed E-state index contributed by atoms with van der Waals surface area (Å²) in [7, 11) is 0. The van der Waals surface area contributed by atoms with E-state index >= 15 is 0 Å². The van der Waals surface area contributed by atoms with Crippen molar-refractivity contribution in [2.24, 2.45) is 5.10 Å². The van der Waals surface area contributed by atoms with Gasteiger partial charge < -0.3 is 9.90 Å². The van der Waals surface area contributed by atoms with E-state index in [-0.39, 0.29) is 11.5 Å². The Bertz CT molecular complexity index is 740. The van der Waals surface area contributed by atoms with E-state index in [1.165, 1.54) is 18.3 Å². The van der Waals surface area contributed by atoms with Gasteiger partial charge in [-0.2, -0.15) is 5.10 Å². The van der Waals surface area contributed by atoms with Gasteiger partial charge in [0, 0.05) is 10.6 Å². The molecule has 0 spiro atoms. The Hall–Kier alpha value is -2.66. The highest BCUT2D eigenvalue weighted by atomic mass is 35.5. The Morgan fingerprint density at radius 2 is 1.77 bits per heavy atom. The van der Waals surface area contributed by atoms with Crippen molar-refractivity contribution in [3.63, 3.8) is 0 Å². The van der Waals surface area contributed by atoms with Gasteiger partial charge in [-0.15, -0.1) is 0 Å². The maximum absolute atomic E-state index is 11.9. The number of hydrogen-bond donors (Lipinski definition) is 1. The number of carboxylic acids is 1. The zero-order chi connectivity index (χ0) is 16.1. The molecule has 0 aliphatic carbocycles. The summed E-state index contributed by atoms with van der Waals surface area (Å²) in [6, 6.07) is 10.9. The predicted molar refractivity (Wildman–Crippen MR) is 82.0 cm³/mol. The van der Waals surface area contributed by atoms with E-state index in [1.807, 2.05) is 6.92 Å². The van der Waals surface area contributed by atoms with Crippen molar-refractivity contribution < 1.29 is 14.7 Å². The Labute approximate surface area is 132 Å². The highest BCUT2D eigenvalue weighted by Crippen LogP contribution is 2.16. The lowest BCUT2D eigenvalue weighted by atomic mass is 10.1. The van der Waals surface area contributed by atoms with Gasteiger partial charge in [0.25, 0.3) is 5.91 Å². The van der Waals surface area contributed by atoms with Crippen LogP contribution >= 0.6 is 11.6 Å². The number of aromatic carboxylic acids is 1. The summed E-state index contributed by atoms with van der Waals surface area (Å²) in [5.74, 6) is -1.63. The Kier molecular flexibility index (Phi) is 4.91. The maximum atomic E-state index is 11.9. The highest BCUT2D eigenvalue weighted by Gasteiger charge is 2.05. The molecule has 2 aromatic rings. The van der Waals surface area contributed by atoms with Crippen LogP contribution in [0.3, 0.4) is 0 Å². The fraction of sp³-hybridized carbons (Fsp3) is 0.0625. The average Bonchev–Trinajstić information content (AvgIpc) is 2.50. The minimum absolute atomic E-state index is 0.0792. The van der Waals surface area contributed by atoms with Crippen LogP contribution in [-0.2, 0) is 0 Å². The lowest BCUT2D eigenvalue weighted by molar-refractivity contribution is -0.255. The summed E-state index contributed by atoms with van der Waals surface area (Å²) in [5, 5.41) is 14.9. The molecule has 0 bridgehead atoms. The zero-order valence-corrected chi connectivity index (χ0v) is 12.4. The van der Waals surface area contributed by atoms with Gasteiger partial charge in [0.2, 0.25) is 0 Å². The number of nitrogens with zero attached hydrogens (tertiary/aromatic N) is 1. The standard InChI is InChI=1S/C16H13ClN2O3/c1-10-2-5-13(8-14(10)17)15(20)19-18-9-11-3-6-12(7-4-11)16(21)22/h2-9H,1H3,(H,19,20)(H,21,22)/p-1/b18-9-. The second-order valence-corrected chi connectivity index (χ2v) is 4.98. The van der Waals surface area contributed by atoms with Crippen LogP contribution in [-0.4, -0.2) is 18.1 Å². The Morgan fingerprint density at radius 1 is 1.14 bits per heavy atom. The molecule has 0 aliphatic rings. The fourth-order valence-corrected chi connectivity index (χ4v) is 1.85. The van der Waals surface area contributed by atoms with Crippen LogP contribution in [0.25, 0.3) is 0 Å². The van der Waals surface area contributed by atoms with Gasteiger partial charge in [0.15, 0.2) is 0 Å². The lowest BCUT2D eigenvalue weighted by Gasteiger charge is -2.03. The van der Waals surface area contributed by atoms with Crippen molar-refractivity contribution in [1.82, 2.24) is 5.43 Å². The van der Waals surface area contributed by atoms with Gasteiger partial charge in [-0.05, 0) is 35.7 Å². The topological polar surface area (TPSA) is 81.6 Å². The van der Waals surface area contributed by atoms with Gasteiger partial charge in [-0.1, -0.05) is 41.9 Å². The molecule has 0 radical (unpaired) electrons. The number of nitrogens with one attached hydrogen (secondary N) is 1. The van der Waals surface area contributed by atoms with Gasteiger partial charge in [-0.3, -0.25) is 4.79 Å². The zero-order valence-electron chi connectivity index (χ0n) is 11.7. The second-order valence-electron chi connectivity index (χ2n) is 4.57. The summed E-state index contributed by atoms with van der Waals surface area (Å²) in [6.45, 7) is 1.85. The smallest absolute Gasteiger partial charge is 0.271 e. The molecule has 6 heteroatoms. The molecular weight excluding hydrogens is 304 g/mol. The summed E-state index contributed by atoms with van der Waals surface area (Å²) in [5.41, 5.74) is 4.39. The van der Waals surface area contributed by atoms with E-state index in [0.29, 0.717) is 16.1 Å². The van der Waals surface area contributed by atoms with Gasteiger partial charge >= 0.3 is 0 Å². The quantitative estimate of drug-likeness (QED) is 0.689. The summed E-state index contributed by atoms with van der Waals surface area (Å²) < 4.78 is 0. The lowest BCUT2D eigenvalue weighted by Crippen LogP contribution is -2.22. The van der Waals surface area contributed by atoms with Crippen LogP contribution in [0, 0.1) is 6.92 Å². The van der Waals surface area contributed by atoms with Gasteiger partial charge in [0.1, 0.15) is 0 Å². The molecule has 0 aliphatic heterocycles. The number of carbonyl (C=O) groups is 2. The number of hydrazone groups is 1.